The topological polar surface area (TPSA) is 147 Å². The molecule has 0 saturated carbocycles. The van der Waals surface area contributed by atoms with Gasteiger partial charge in [0.05, 0.1) is 29.5 Å². The van der Waals surface area contributed by atoms with Gasteiger partial charge in [-0.3, -0.25) is 19.7 Å². The molecule has 2 aliphatic rings. The minimum absolute atomic E-state index is 0. The summed E-state index contributed by atoms with van der Waals surface area (Å²) in [6.45, 7) is 8.46. The molecule has 0 spiro atoms. The summed E-state index contributed by atoms with van der Waals surface area (Å²) in [5.41, 5.74) is 5.52. The van der Waals surface area contributed by atoms with Gasteiger partial charge in [0.1, 0.15) is 11.5 Å². The first-order valence-corrected chi connectivity index (χ1v) is 12.0. The molecule has 0 bridgehead atoms. The maximum Gasteiger partial charge on any atom is 0.271 e. The number of nitrogens with zero attached hydrogens (tertiary/aromatic N) is 3. The summed E-state index contributed by atoms with van der Waals surface area (Å²) in [6, 6.07) is 9.52. The largest absolute Gasteiger partial charge is 0.476 e. The van der Waals surface area contributed by atoms with Crippen molar-refractivity contribution < 1.29 is 53.9 Å². The van der Waals surface area contributed by atoms with Crippen molar-refractivity contribution in [3.63, 3.8) is 0 Å². The molecule has 2 aliphatic heterocycles. The van der Waals surface area contributed by atoms with Crippen molar-refractivity contribution in [2.24, 2.45) is 0 Å². The van der Waals surface area contributed by atoms with Gasteiger partial charge in [0.2, 0.25) is 0 Å². The van der Waals surface area contributed by atoms with E-state index in [0.29, 0.717) is 54.9 Å². The zero-order valence-corrected chi connectivity index (χ0v) is 25.3. The molecule has 0 radical (unpaired) electrons. The third-order valence-electron chi connectivity index (χ3n) is 6.01. The second-order valence-electron chi connectivity index (χ2n) is 9.76. The van der Waals surface area contributed by atoms with Crippen LogP contribution in [0.25, 0.3) is 0 Å². The van der Waals surface area contributed by atoms with E-state index < -0.39 is 16.1 Å². The molecule has 13 heteroatoms. The van der Waals surface area contributed by atoms with E-state index in [1.165, 1.54) is 30.2 Å². The minimum Gasteiger partial charge on any atom is -0.476 e. The second-order valence-corrected chi connectivity index (χ2v) is 9.76. The van der Waals surface area contributed by atoms with E-state index in [1.54, 1.807) is 57.9 Å². The fraction of sp³-hybridized carbons (Fsp3) is 0.444. The number of amides is 2. The first-order chi connectivity index (χ1) is 17.8. The van der Waals surface area contributed by atoms with E-state index >= 15 is 0 Å². The number of carbonyl (C=O) groups excluding carboxylic acids is 2. The maximum absolute atomic E-state index is 12.4. The molecule has 0 saturated heterocycles. The Labute approximate surface area is 248 Å². The minimum atomic E-state index is -1.00. The first kappa shape index (κ1) is 34.8. The summed E-state index contributed by atoms with van der Waals surface area (Å²) in [4.78, 5) is 38.2. The van der Waals surface area contributed by atoms with Crippen molar-refractivity contribution >= 4 is 34.6 Å². The summed E-state index contributed by atoms with van der Waals surface area (Å²) in [7, 11) is 3.14. The van der Waals surface area contributed by atoms with Crippen LogP contribution < -0.4 is 25.0 Å². The second kappa shape index (κ2) is 13.9. The first-order valence-electron chi connectivity index (χ1n) is 12.0. The molecule has 2 amide bonds. The molecule has 12 nitrogen and oxygen atoms in total. The van der Waals surface area contributed by atoms with E-state index in [4.69, 9.17) is 24.7 Å². The number of ether oxygens (including phenoxy) is 4. The van der Waals surface area contributed by atoms with Crippen LogP contribution in [0.4, 0.5) is 22.7 Å². The fourth-order valence-electron chi connectivity index (χ4n) is 4.06. The van der Waals surface area contributed by atoms with E-state index in [2.05, 4.69) is 0 Å². The third-order valence-corrected chi connectivity index (χ3v) is 6.01. The van der Waals surface area contributed by atoms with Crippen molar-refractivity contribution in [3.8, 4) is 11.5 Å². The number of nitro benzene ring substituents is 1. The Kier molecular flexibility index (Phi) is 12.1. The van der Waals surface area contributed by atoms with E-state index in [-0.39, 0.29) is 45.4 Å². The number of methoxy groups -OCH3 is 2. The Morgan fingerprint density at radius 3 is 1.70 bits per heavy atom. The van der Waals surface area contributed by atoms with Crippen LogP contribution in [0.5, 0.6) is 11.5 Å². The molecule has 0 fully saturated rings. The van der Waals surface area contributed by atoms with Crippen molar-refractivity contribution in [1.29, 1.82) is 0 Å². The number of nitrogens with two attached hydrogens (primary N) is 1. The van der Waals surface area contributed by atoms with Crippen molar-refractivity contribution in [2.45, 2.75) is 38.9 Å². The van der Waals surface area contributed by atoms with Gasteiger partial charge in [0.15, 0.2) is 11.2 Å². The summed E-state index contributed by atoms with van der Waals surface area (Å²) >= 11 is 0. The molecule has 0 unspecified atom stereocenters. The van der Waals surface area contributed by atoms with Crippen LogP contribution in [0.1, 0.15) is 27.7 Å². The van der Waals surface area contributed by atoms with Gasteiger partial charge in [0.25, 0.3) is 17.5 Å². The fourth-order valence-corrected chi connectivity index (χ4v) is 4.06. The van der Waals surface area contributed by atoms with Crippen molar-refractivity contribution in [3.05, 3.63) is 53.9 Å². The molecule has 2 aromatic carbocycles. The Morgan fingerprint density at radius 1 is 0.850 bits per heavy atom. The van der Waals surface area contributed by atoms with Crippen LogP contribution in [0.15, 0.2) is 36.4 Å². The Morgan fingerprint density at radius 2 is 1.27 bits per heavy atom. The van der Waals surface area contributed by atoms with Gasteiger partial charge in [-0.2, -0.15) is 0 Å². The van der Waals surface area contributed by atoms with Gasteiger partial charge in [-0.25, -0.2) is 0 Å². The Bertz CT molecular complexity index is 1220. The number of hydrogen-bond donors (Lipinski definition) is 1. The smallest absolute Gasteiger partial charge is 0.271 e. The van der Waals surface area contributed by atoms with E-state index in [1.807, 2.05) is 0 Å². The summed E-state index contributed by atoms with van der Waals surface area (Å²) in [6.07, 6.45) is 0. The molecular formula is C27H37N4O8Pd-. The average molecular weight is 652 g/mol. The molecule has 4 rings (SSSR count). The molecule has 2 N–H and O–H groups in total. The number of carbonyl (C=O) groups is 2. The number of hydrogen-bond acceptors (Lipinski definition) is 9. The predicted molar refractivity (Wildman–Crippen MR) is 148 cm³/mol. The predicted octanol–water partition coefficient (Wildman–Crippen LogP) is 3.61. The number of benzene rings is 2. The SMILES string of the molecule is COCCN1C(=O)C(C)(C)Oc2ccc(N)cc21.COCCN1C(=O)C(C)(C)Oc2ccc([N+](=O)[O-])cc21.[CH3-].[Pd]. The van der Waals surface area contributed by atoms with Gasteiger partial charge in [-0.1, -0.05) is 0 Å². The average Bonchev–Trinajstić information content (AvgIpc) is 2.85. The van der Waals surface area contributed by atoms with Crippen LogP contribution in [0, 0.1) is 17.5 Å². The van der Waals surface area contributed by atoms with Crippen molar-refractivity contribution in [2.75, 3.05) is 56.1 Å². The summed E-state index contributed by atoms with van der Waals surface area (Å²) in [5.74, 6) is 0.793. The van der Waals surface area contributed by atoms with Gasteiger partial charge >= 0.3 is 0 Å². The molecule has 0 aromatic heterocycles. The van der Waals surface area contributed by atoms with Crippen LogP contribution in [0.3, 0.4) is 0 Å². The molecule has 2 heterocycles. The van der Waals surface area contributed by atoms with E-state index in [9.17, 15) is 19.7 Å². The van der Waals surface area contributed by atoms with Gasteiger partial charge < -0.3 is 41.9 Å². The summed E-state index contributed by atoms with van der Waals surface area (Å²) in [5, 5.41) is 10.9. The van der Waals surface area contributed by atoms with Gasteiger partial charge in [-0.15, -0.1) is 0 Å². The monoisotopic (exact) mass is 651 g/mol. The molecular weight excluding hydrogens is 615 g/mol. The molecule has 224 valence electrons. The normalized spacial score (nSPS) is 16.1. The number of nitro groups is 1. The van der Waals surface area contributed by atoms with Gasteiger partial charge in [-0.05, 0) is 52.0 Å². The zero-order chi connectivity index (χ0) is 28.3. The third kappa shape index (κ3) is 7.48. The van der Waals surface area contributed by atoms with Crippen LogP contribution in [-0.4, -0.2) is 68.5 Å². The standard InChI is InChI=1S/C13H16N2O5.C13H18N2O3.CH3.Pd/c1-13(2)12(16)14(6-7-19-3)10-8-9(15(17)18)4-5-11(10)20-13;1-13(2)12(16)15(6-7-17-3)10-8-9(14)4-5-11(10)18-13;;/h4-5,8H,6-7H2,1-3H3;4-5,8H,6-7,14H2,1-3H3;1H3;/q;;-1;. The van der Waals surface area contributed by atoms with Crippen LogP contribution >= 0.6 is 0 Å². The Balaban J connectivity index is 0.000000383. The summed E-state index contributed by atoms with van der Waals surface area (Å²) < 4.78 is 21.4. The van der Waals surface area contributed by atoms with Crippen molar-refractivity contribution in [1.82, 2.24) is 0 Å². The molecule has 40 heavy (non-hydrogen) atoms. The number of fused-ring (bicyclic) bond motifs is 2. The quantitative estimate of drug-likeness (QED) is 0.156. The molecule has 2 aromatic rings. The van der Waals surface area contributed by atoms with Gasteiger partial charge in [0, 0.05) is 65.6 Å². The number of rotatable bonds is 7. The van der Waals surface area contributed by atoms with Crippen LogP contribution in [-0.2, 0) is 39.5 Å². The number of non-ortho nitro benzene ring substituents is 1. The number of nitrogen functional groups attached to an aromatic ring is 1. The number of anilines is 3. The maximum atomic E-state index is 12.4. The Hall–Kier alpha value is -3.24. The van der Waals surface area contributed by atoms with Crippen LogP contribution in [0.2, 0.25) is 0 Å². The zero-order valence-electron chi connectivity index (χ0n) is 23.8. The van der Waals surface area contributed by atoms with E-state index in [0.717, 1.165) is 0 Å². The molecule has 0 aliphatic carbocycles. The molecule has 0 atom stereocenters.